The minimum absolute atomic E-state index is 0.0197. The second kappa shape index (κ2) is 5.76. The largest absolute Gasteiger partial charge is 0.507 e. The fraction of sp³-hybridized carbons (Fsp3) is 0.500. The highest BCUT2D eigenvalue weighted by Crippen LogP contribution is 2.35. The lowest BCUT2D eigenvalue weighted by atomic mass is 9.95. The molecule has 98 valence electrons. The Balaban J connectivity index is 2.39. The van der Waals surface area contributed by atoms with Crippen molar-refractivity contribution in [3.8, 4) is 5.75 Å². The topological polar surface area (TPSA) is 63.3 Å². The van der Waals surface area contributed by atoms with Crippen molar-refractivity contribution in [2.75, 3.05) is 12.0 Å². The quantitative estimate of drug-likeness (QED) is 0.802. The van der Waals surface area contributed by atoms with E-state index >= 15 is 0 Å². The van der Waals surface area contributed by atoms with Crippen molar-refractivity contribution in [1.29, 1.82) is 0 Å². The molecule has 0 radical (unpaired) electrons. The van der Waals surface area contributed by atoms with E-state index in [2.05, 4.69) is 0 Å². The number of phenolic OH excluding ortho intramolecular Hbond substituents is 1. The van der Waals surface area contributed by atoms with Crippen molar-refractivity contribution in [1.82, 2.24) is 0 Å². The molecule has 0 aromatic heterocycles. The Kier molecular flexibility index (Phi) is 4.30. The lowest BCUT2D eigenvalue weighted by Crippen LogP contribution is -2.08. The zero-order valence-corrected chi connectivity index (χ0v) is 11.5. The molecule has 1 aromatic carbocycles. The van der Waals surface area contributed by atoms with Crippen molar-refractivity contribution < 1.29 is 9.90 Å². The minimum Gasteiger partial charge on any atom is -0.507 e. The molecule has 3 nitrogen and oxygen atoms in total. The van der Waals surface area contributed by atoms with Crippen molar-refractivity contribution in [2.24, 2.45) is 5.73 Å². The van der Waals surface area contributed by atoms with Crippen LogP contribution in [0.3, 0.4) is 0 Å². The summed E-state index contributed by atoms with van der Waals surface area (Å²) in [5.41, 5.74) is 9.31. The van der Waals surface area contributed by atoms with E-state index in [9.17, 15) is 9.90 Å². The Bertz CT molecular complexity index is 471. The number of thioether (sulfide) groups is 1. The molecule has 4 heteroatoms. The van der Waals surface area contributed by atoms with E-state index in [1.165, 1.54) is 5.56 Å². The van der Waals surface area contributed by atoms with E-state index in [0.29, 0.717) is 18.5 Å². The van der Waals surface area contributed by atoms with Gasteiger partial charge < -0.3 is 10.8 Å². The predicted molar refractivity (Wildman–Crippen MR) is 75.4 cm³/mol. The maximum absolute atomic E-state index is 12.1. The standard InChI is InChI=1S/C14H19NO2S/c1-18-6-5-13(16)11-7-9-3-2-4-10(9)12(8-15)14(11)17/h7,17H,2-6,8,15H2,1H3. The number of fused-ring (bicyclic) bond motifs is 1. The molecule has 0 unspecified atom stereocenters. The van der Waals surface area contributed by atoms with Crippen LogP contribution in [0.2, 0.25) is 0 Å². The fourth-order valence-corrected chi connectivity index (χ4v) is 2.97. The van der Waals surface area contributed by atoms with E-state index in [1.54, 1.807) is 11.8 Å². The first-order valence-corrected chi connectivity index (χ1v) is 7.67. The van der Waals surface area contributed by atoms with Crippen LogP contribution in [0.5, 0.6) is 5.75 Å². The zero-order chi connectivity index (χ0) is 13.1. The number of aryl methyl sites for hydroxylation is 1. The van der Waals surface area contributed by atoms with Crippen LogP contribution in [0.25, 0.3) is 0 Å². The van der Waals surface area contributed by atoms with Crippen LogP contribution in [0.1, 0.15) is 39.9 Å². The molecule has 2 rings (SSSR count). The van der Waals surface area contributed by atoms with Gasteiger partial charge in [-0.15, -0.1) is 0 Å². The van der Waals surface area contributed by atoms with E-state index in [1.807, 2.05) is 12.3 Å². The molecule has 18 heavy (non-hydrogen) atoms. The first kappa shape index (κ1) is 13.4. The number of carbonyl (C=O) groups is 1. The molecule has 1 aromatic rings. The summed E-state index contributed by atoms with van der Waals surface area (Å²) in [5, 5.41) is 10.2. The summed E-state index contributed by atoms with van der Waals surface area (Å²) in [7, 11) is 0. The van der Waals surface area contributed by atoms with Gasteiger partial charge in [0.1, 0.15) is 5.75 Å². The zero-order valence-electron chi connectivity index (χ0n) is 10.7. The highest BCUT2D eigenvalue weighted by atomic mass is 32.2. The summed E-state index contributed by atoms with van der Waals surface area (Å²) in [6, 6.07) is 1.87. The molecule has 0 spiro atoms. The maximum atomic E-state index is 12.1. The molecular weight excluding hydrogens is 246 g/mol. The molecule has 0 bridgehead atoms. The van der Waals surface area contributed by atoms with E-state index in [0.717, 1.165) is 36.1 Å². The van der Waals surface area contributed by atoms with Gasteiger partial charge in [0.25, 0.3) is 0 Å². The number of rotatable bonds is 5. The Morgan fingerprint density at radius 3 is 2.94 bits per heavy atom. The van der Waals surface area contributed by atoms with Gasteiger partial charge in [-0.1, -0.05) is 0 Å². The third-order valence-corrected chi connectivity index (χ3v) is 4.13. The molecule has 1 aliphatic rings. The highest BCUT2D eigenvalue weighted by Gasteiger charge is 2.22. The maximum Gasteiger partial charge on any atom is 0.167 e. The number of ketones is 1. The van der Waals surface area contributed by atoms with Crippen LogP contribution >= 0.6 is 11.8 Å². The number of Topliss-reactive ketones (excluding diaryl/α,β-unsaturated/α-hetero) is 1. The summed E-state index contributed by atoms with van der Waals surface area (Å²) in [5.74, 6) is 0.920. The van der Waals surface area contributed by atoms with Crippen LogP contribution in [0.15, 0.2) is 6.07 Å². The second-order valence-corrected chi connectivity index (χ2v) is 5.60. The van der Waals surface area contributed by atoms with Gasteiger partial charge >= 0.3 is 0 Å². The van der Waals surface area contributed by atoms with Gasteiger partial charge in [-0.2, -0.15) is 11.8 Å². The summed E-state index contributed by atoms with van der Waals surface area (Å²) in [4.78, 5) is 12.1. The number of hydrogen-bond donors (Lipinski definition) is 2. The first-order valence-electron chi connectivity index (χ1n) is 6.27. The number of phenols is 1. The average Bonchev–Trinajstić information content (AvgIpc) is 2.83. The highest BCUT2D eigenvalue weighted by molar-refractivity contribution is 7.98. The van der Waals surface area contributed by atoms with E-state index < -0.39 is 0 Å². The van der Waals surface area contributed by atoms with Crippen LogP contribution in [-0.4, -0.2) is 22.9 Å². The molecule has 1 aliphatic carbocycles. The molecule has 0 amide bonds. The van der Waals surface area contributed by atoms with Crippen LogP contribution in [0, 0.1) is 0 Å². The van der Waals surface area contributed by atoms with Gasteiger partial charge in [-0.3, -0.25) is 4.79 Å². The molecule has 0 aliphatic heterocycles. The van der Waals surface area contributed by atoms with Crippen molar-refractivity contribution in [2.45, 2.75) is 32.2 Å². The molecule has 0 saturated heterocycles. The fourth-order valence-electron chi connectivity index (χ4n) is 2.58. The number of hydrogen-bond acceptors (Lipinski definition) is 4. The molecule has 0 heterocycles. The summed E-state index contributed by atoms with van der Waals surface area (Å²) < 4.78 is 0. The first-order chi connectivity index (χ1) is 8.69. The van der Waals surface area contributed by atoms with Crippen LogP contribution in [-0.2, 0) is 19.4 Å². The minimum atomic E-state index is 0.0197. The third-order valence-electron chi connectivity index (χ3n) is 3.52. The average molecular weight is 265 g/mol. The molecule has 0 saturated carbocycles. The van der Waals surface area contributed by atoms with Crippen molar-refractivity contribution >= 4 is 17.5 Å². The summed E-state index contributed by atoms with van der Waals surface area (Å²) in [6.07, 6.45) is 5.49. The van der Waals surface area contributed by atoms with Gasteiger partial charge in [-0.05, 0) is 42.7 Å². The Labute approximate surface area is 112 Å². The van der Waals surface area contributed by atoms with Gasteiger partial charge in [0.2, 0.25) is 0 Å². The molecular formula is C14H19NO2S. The number of carbonyl (C=O) groups excluding carboxylic acids is 1. The van der Waals surface area contributed by atoms with Crippen LogP contribution < -0.4 is 5.73 Å². The van der Waals surface area contributed by atoms with Crippen LogP contribution in [0.4, 0.5) is 0 Å². The molecule has 0 atom stereocenters. The number of aromatic hydroxyl groups is 1. The lowest BCUT2D eigenvalue weighted by Gasteiger charge is -2.13. The molecule has 3 N–H and O–H groups in total. The lowest BCUT2D eigenvalue weighted by molar-refractivity contribution is 0.0986. The number of nitrogens with two attached hydrogens (primary N) is 1. The van der Waals surface area contributed by atoms with Gasteiger partial charge in [0, 0.05) is 24.3 Å². The second-order valence-electron chi connectivity index (χ2n) is 4.61. The Morgan fingerprint density at radius 2 is 2.28 bits per heavy atom. The Hall–Kier alpha value is -1.00. The SMILES string of the molecule is CSCCC(=O)c1cc2c(c(CN)c1O)CCC2. The van der Waals surface area contributed by atoms with E-state index in [4.69, 9.17) is 5.73 Å². The molecule has 0 fully saturated rings. The number of benzene rings is 1. The summed E-state index contributed by atoms with van der Waals surface area (Å²) >= 11 is 1.64. The summed E-state index contributed by atoms with van der Waals surface area (Å²) in [6.45, 7) is 0.303. The van der Waals surface area contributed by atoms with Gasteiger partial charge in [0.05, 0.1) is 5.56 Å². The smallest absolute Gasteiger partial charge is 0.167 e. The Morgan fingerprint density at radius 1 is 1.50 bits per heavy atom. The van der Waals surface area contributed by atoms with Gasteiger partial charge in [-0.25, -0.2) is 0 Å². The predicted octanol–water partition coefficient (Wildman–Crippen LogP) is 2.28. The van der Waals surface area contributed by atoms with Crippen molar-refractivity contribution in [3.05, 3.63) is 28.3 Å². The van der Waals surface area contributed by atoms with Crippen molar-refractivity contribution in [3.63, 3.8) is 0 Å². The normalized spacial score (nSPS) is 13.7. The third kappa shape index (κ3) is 2.40. The van der Waals surface area contributed by atoms with Gasteiger partial charge in [0.15, 0.2) is 5.78 Å². The van der Waals surface area contributed by atoms with E-state index in [-0.39, 0.29) is 11.5 Å². The monoisotopic (exact) mass is 265 g/mol.